The van der Waals surface area contributed by atoms with Crippen molar-refractivity contribution in [2.24, 2.45) is 0 Å². The molecule has 1 aliphatic carbocycles. The van der Waals surface area contributed by atoms with Gasteiger partial charge in [-0.25, -0.2) is 17.6 Å². The van der Waals surface area contributed by atoms with Gasteiger partial charge in [0.15, 0.2) is 12.3 Å². The maximum Gasteiger partial charge on any atom is 0.425 e. The van der Waals surface area contributed by atoms with Crippen LogP contribution < -0.4 is 0 Å². The third kappa shape index (κ3) is 1.56. The highest BCUT2D eigenvalue weighted by atomic mass is 19.4. The quantitative estimate of drug-likeness (QED) is 0.554. The summed E-state index contributed by atoms with van der Waals surface area (Å²) >= 11 is 0. The second kappa shape index (κ2) is 3.27. The van der Waals surface area contributed by atoms with E-state index in [4.69, 9.17) is 0 Å². The predicted octanol–water partition coefficient (Wildman–Crippen LogP) is 3.07. The number of hydrogen-bond acceptors (Lipinski definition) is 0. The van der Waals surface area contributed by atoms with Gasteiger partial charge in [-0.2, -0.15) is 13.2 Å². The average Bonchev–Trinajstić information content (AvgIpc) is 2.06. The largest absolute Gasteiger partial charge is 0.425 e. The van der Waals surface area contributed by atoms with Crippen LogP contribution in [-0.2, 0) is 0 Å². The second-order valence-electron chi connectivity index (χ2n) is 3.26. The Bertz CT molecular complexity index is 213. The van der Waals surface area contributed by atoms with Crippen molar-refractivity contribution < 1.29 is 30.7 Å². The van der Waals surface area contributed by atoms with E-state index in [0.717, 1.165) is 0 Å². The molecule has 7 heteroatoms. The molecule has 0 radical (unpaired) electrons. The summed E-state index contributed by atoms with van der Waals surface area (Å²) in [4.78, 5) is 0. The monoisotopic (exact) mass is 224 g/mol. The van der Waals surface area contributed by atoms with E-state index < -0.39 is 43.2 Å². The molecule has 14 heavy (non-hydrogen) atoms. The number of hydrogen-bond donors (Lipinski definition) is 0. The molecule has 0 aromatic carbocycles. The van der Waals surface area contributed by atoms with Crippen molar-refractivity contribution in [3.63, 3.8) is 0 Å². The molecule has 0 N–H and O–H groups in total. The fourth-order valence-corrected chi connectivity index (χ4v) is 1.38. The molecule has 1 aliphatic rings. The molecule has 1 saturated carbocycles. The maximum atomic E-state index is 13.0. The van der Waals surface area contributed by atoms with Gasteiger partial charge in [-0.05, 0) is 12.8 Å². The molecule has 4 unspecified atom stereocenters. The van der Waals surface area contributed by atoms with Gasteiger partial charge in [-0.3, -0.25) is 0 Å². The van der Waals surface area contributed by atoms with Crippen LogP contribution in [0.25, 0.3) is 0 Å². The van der Waals surface area contributed by atoms with Crippen LogP contribution in [0.5, 0.6) is 0 Å². The Kier molecular flexibility index (Phi) is 2.71. The fourth-order valence-electron chi connectivity index (χ4n) is 1.38. The van der Waals surface area contributed by atoms with Crippen LogP contribution >= 0.6 is 0 Å². The molecule has 0 nitrogen and oxygen atoms in total. The van der Waals surface area contributed by atoms with Gasteiger partial charge < -0.3 is 0 Å². The maximum absolute atomic E-state index is 13.0. The van der Waals surface area contributed by atoms with E-state index in [-0.39, 0.29) is 0 Å². The summed E-state index contributed by atoms with van der Waals surface area (Å²) in [6.07, 6.45) is -16.7. The van der Waals surface area contributed by atoms with E-state index in [2.05, 4.69) is 0 Å². The zero-order valence-electron chi connectivity index (χ0n) is 6.79. The first kappa shape index (κ1) is 11.6. The third-order valence-corrected chi connectivity index (χ3v) is 2.32. The zero-order chi connectivity index (χ0) is 11.1. The van der Waals surface area contributed by atoms with Crippen LogP contribution in [0.1, 0.15) is 12.8 Å². The molecule has 0 heterocycles. The van der Waals surface area contributed by atoms with Gasteiger partial charge in [0.05, 0.1) is 0 Å². The molecule has 0 saturated heterocycles. The van der Waals surface area contributed by atoms with Gasteiger partial charge in [0.25, 0.3) is 0 Å². The normalized spacial score (nSPS) is 45.2. The van der Waals surface area contributed by atoms with Crippen molar-refractivity contribution in [2.45, 2.75) is 43.2 Å². The van der Waals surface area contributed by atoms with Crippen LogP contribution in [0.3, 0.4) is 0 Å². The summed E-state index contributed by atoms with van der Waals surface area (Å²) in [5.74, 6) is 0. The minimum atomic E-state index is -5.50. The molecule has 0 spiro atoms. The minimum absolute atomic E-state index is 0.961. The highest BCUT2D eigenvalue weighted by Gasteiger charge is 2.66. The van der Waals surface area contributed by atoms with Gasteiger partial charge in [-0.1, -0.05) is 0 Å². The van der Waals surface area contributed by atoms with E-state index >= 15 is 0 Å². The molecule has 1 rings (SSSR count). The van der Waals surface area contributed by atoms with Crippen molar-refractivity contribution in [2.75, 3.05) is 0 Å². The summed E-state index contributed by atoms with van der Waals surface area (Å²) in [7, 11) is 0. The summed E-state index contributed by atoms with van der Waals surface area (Å²) in [6, 6.07) is 0. The second-order valence-corrected chi connectivity index (χ2v) is 3.26. The summed E-state index contributed by atoms with van der Waals surface area (Å²) in [6.45, 7) is 0. The Hall–Kier alpha value is -0.490. The molecule has 0 aromatic heterocycles. The first-order valence-electron chi connectivity index (χ1n) is 3.88. The Morgan fingerprint density at radius 3 is 2.00 bits per heavy atom. The predicted molar refractivity (Wildman–Crippen MR) is 33.8 cm³/mol. The highest BCUT2D eigenvalue weighted by Crippen LogP contribution is 2.47. The average molecular weight is 224 g/mol. The zero-order valence-corrected chi connectivity index (χ0v) is 6.79. The van der Waals surface area contributed by atoms with E-state index in [1.807, 2.05) is 0 Å². The first-order valence-corrected chi connectivity index (χ1v) is 3.88. The van der Waals surface area contributed by atoms with Gasteiger partial charge in [0, 0.05) is 0 Å². The molecule has 0 bridgehead atoms. The Balaban J connectivity index is 2.91. The molecule has 4 atom stereocenters. The van der Waals surface area contributed by atoms with Gasteiger partial charge in [0.2, 0.25) is 5.67 Å². The van der Waals surface area contributed by atoms with Crippen molar-refractivity contribution >= 4 is 0 Å². The molecular formula is C7H7F7. The molecule has 0 aromatic rings. The smallest absolute Gasteiger partial charge is 0.244 e. The Morgan fingerprint density at radius 2 is 1.57 bits per heavy atom. The van der Waals surface area contributed by atoms with Crippen LogP contribution in [0.2, 0.25) is 0 Å². The minimum Gasteiger partial charge on any atom is -0.244 e. The lowest BCUT2D eigenvalue weighted by atomic mass is 9.82. The van der Waals surface area contributed by atoms with Gasteiger partial charge in [0.1, 0.15) is 6.17 Å². The van der Waals surface area contributed by atoms with Crippen LogP contribution in [0.15, 0.2) is 0 Å². The molecule has 0 aliphatic heterocycles. The number of rotatable bonds is 0. The van der Waals surface area contributed by atoms with Crippen molar-refractivity contribution in [3.8, 4) is 0 Å². The molecule has 1 fully saturated rings. The van der Waals surface area contributed by atoms with Crippen LogP contribution in [0.4, 0.5) is 30.7 Å². The van der Waals surface area contributed by atoms with Crippen molar-refractivity contribution in [3.05, 3.63) is 0 Å². The standard InChI is InChI=1S/C7H7F7/c8-3-1-2-6(11,7(12,13)14)5(10)4(3)9/h3-5H,1-2H2. The van der Waals surface area contributed by atoms with E-state index in [1.165, 1.54) is 0 Å². The lowest BCUT2D eigenvalue weighted by Gasteiger charge is -2.37. The van der Waals surface area contributed by atoms with Crippen molar-refractivity contribution in [1.82, 2.24) is 0 Å². The van der Waals surface area contributed by atoms with Crippen LogP contribution in [0, 0.1) is 0 Å². The lowest BCUT2D eigenvalue weighted by Crippen LogP contribution is -2.57. The Labute approximate surface area is 75.1 Å². The van der Waals surface area contributed by atoms with Gasteiger partial charge in [-0.15, -0.1) is 0 Å². The topological polar surface area (TPSA) is 0 Å². The molecule has 0 amide bonds. The van der Waals surface area contributed by atoms with Crippen LogP contribution in [-0.4, -0.2) is 30.4 Å². The molecular weight excluding hydrogens is 217 g/mol. The SMILES string of the molecule is FC1CCC(F)(C(F)(F)F)C(F)C1F. The summed E-state index contributed by atoms with van der Waals surface area (Å²) in [5, 5.41) is 0. The van der Waals surface area contributed by atoms with E-state index in [9.17, 15) is 30.7 Å². The number of halogens is 7. The Morgan fingerprint density at radius 1 is 1.07 bits per heavy atom. The van der Waals surface area contributed by atoms with Crippen molar-refractivity contribution in [1.29, 1.82) is 0 Å². The fraction of sp³-hybridized carbons (Fsp3) is 1.00. The highest BCUT2D eigenvalue weighted by molar-refractivity contribution is 5.03. The van der Waals surface area contributed by atoms with Gasteiger partial charge >= 0.3 is 6.18 Å². The molecule has 84 valence electrons. The van der Waals surface area contributed by atoms with E-state index in [1.54, 1.807) is 0 Å². The lowest BCUT2D eigenvalue weighted by molar-refractivity contribution is -0.270. The first-order chi connectivity index (χ1) is 6.20. The third-order valence-electron chi connectivity index (χ3n) is 2.32. The van der Waals surface area contributed by atoms with E-state index in [0.29, 0.717) is 0 Å². The summed E-state index contributed by atoms with van der Waals surface area (Å²) < 4.78 is 86.5. The number of alkyl halides is 7. The summed E-state index contributed by atoms with van der Waals surface area (Å²) in [5.41, 5.74) is -4.25.